The highest BCUT2D eigenvalue weighted by molar-refractivity contribution is 9.10. The largest absolute Gasteiger partial charge is 0.321 e. The average molecular weight is 355 g/mol. The molecule has 2 aromatic rings. The summed E-state index contributed by atoms with van der Waals surface area (Å²) >= 11 is 3.37. The number of benzene rings is 2. The minimum Gasteiger partial charge on any atom is -0.321 e. The zero-order chi connectivity index (χ0) is 16.1. The molecular formula is C18H15BrN2O. The molecule has 0 saturated heterocycles. The van der Waals surface area contributed by atoms with Crippen LogP contribution in [0.2, 0.25) is 0 Å². The molecular weight excluding hydrogens is 340 g/mol. The molecule has 4 heteroatoms. The van der Waals surface area contributed by atoms with Crippen molar-refractivity contribution in [1.82, 2.24) is 0 Å². The third kappa shape index (κ3) is 4.06. The van der Waals surface area contributed by atoms with Gasteiger partial charge in [0, 0.05) is 10.2 Å². The molecule has 0 spiro atoms. The zero-order valence-electron chi connectivity index (χ0n) is 12.4. The predicted octanol–water partition coefficient (Wildman–Crippen LogP) is 4.61. The summed E-state index contributed by atoms with van der Waals surface area (Å²) in [6.07, 6.45) is 1.57. The number of amides is 1. The van der Waals surface area contributed by atoms with E-state index in [1.807, 2.05) is 62.4 Å². The van der Waals surface area contributed by atoms with E-state index in [0.29, 0.717) is 0 Å². The molecule has 0 aromatic heterocycles. The molecule has 0 aliphatic carbocycles. The third-order valence-corrected chi connectivity index (χ3v) is 3.66. The van der Waals surface area contributed by atoms with Crippen molar-refractivity contribution in [3.05, 3.63) is 69.2 Å². The number of anilines is 1. The van der Waals surface area contributed by atoms with Crippen LogP contribution >= 0.6 is 15.9 Å². The van der Waals surface area contributed by atoms with Gasteiger partial charge in [-0.15, -0.1) is 0 Å². The van der Waals surface area contributed by atoms with Crippen LogP contribution in [0.5, 0.6) is 0 Å². The van der Waals surface area contributed by atoms with Crippen molar-refractivity contribution in [2.24, 2.45) is 0 Å². The van der Waals surface area contributed by atoms with E-state index < -0.39 is 5.91 Å². The van der Waals surface area contributed by atoms with Gasteiger partial charge in [0.15, 0.2) is 0 Å². The summed E-state index contributed by atoms with van der Waals surface area (Å²) in [7, 11) is 0. The first-order chi connectivity index (χ1) is 10.5. The number of hydrogen-bond acceptors (Lipinski definition) is 2. The fourth-order valence-electron chi connectivity index (χ4n) is 1.97. The zero-order valence-corrected chi connectivity index (χ0v) is 13.9. The van der Waals surface area contributed by atoms with Gasteiger partial charge in [-0.25, -0.2) is 0 Å². The molecule has 0 atom stereocenters. The second-order valence-corrected chi connectivity index (χ2v) is 5.91. The number of nitriles is 1. The number of carbonyl (C=O) groups excluding carboxylic acids is 1. The van der Waals surface area contributed by atoms with Crippen molar-refractivity contribution in [2.45, 2.75) is 13.8 Å². The molecule has 2 aromatic carbocycles. The number of halogens is 1. The Balaban J connectivity index is 2.26. The van der Waals surface area contributed by atoms with Crippen molar-refractivity contribution in [3.63, 3.8) is 0 Å². The van der Waals surface area contributed by atoms with Gasteiger partial charge in [-0.05, 0) is 54.8 Å². The van der Waals surface area contributed by atoms with Gasteiger partial charge in [-0.1, -0.05) is 40.2 Å². The van der Waals surface area contributed by atoms with Gasteiger partial charge < -0.3 is 5.32 Å². The molecule has 3 nitrogen and oxygen atoms in total. The summed E-state index contributed by atoms with van der Waals surface area (Å²) < 4.78 is 0.897. The molecule has 2 rings (SSSR count). The summed E-state index contributed by atoms with van der Waals surface area (Å²) in [5.41, 5.74) is 3.59. The standard InChI is InChI=1S/C18H15BrN2O/c1-12-6-7-13(2)17(8-12)21-18(22)15(11-20)9-14-4-3-5-16(19)10-14/h3-10H,1-2H3,(H,21,22)/b15-9+. The molecule has 0 unspecified atom stereocenters. The van der Waals surface area contributed by atoms with Gasteiger partial charge in [0.2, 0.25) is 0 Å². The molecule has 22 heavy (non-hydrogen) atoms. The van der Waals surface area contributed by atoms with E-state index in [1.165, 1.54) is 0 Å². The molecule has 1 N–H and O–H groups in total. The lowest BCUT2D eigenvalue weighted by Crippen LogP contribution is -2.14. The van der Waals surface area contributed by atoms with Crippen LogP contribution < -0.4 is 5.32 Å². The van der Waals surface area contributed by atoms with Gasteiger partial charge >= 0.3 is 0 Å². The molecule has 0 saturated carbocycles. The monoisotopic (exact) mass is 354 g/mol. The molecule has 0 heterocycles. The Kier molecular flexibility index (Phi) is 5.13. The number of hydrogen-bond donors (Lipinski definition) is 1. The lowest BCUT2D eigenvalue weighted by atomic mass is 10.1. The molecule has 0 aliphatic heterocycles. The second kappa shape index (κ2) is 7.06. The lowest BCUT2D eigenvalue weighted by Gasteiger charge is -2.08. The molecule has 0 aliphatic rings. The first-order valence-electron chi connectivity index (χ1n) is 6.75. The number of aryl methyl sites for hydroxylation is 2. The fourth-order valence-corrected chi connectivity index (χ4v) is 2.39. The Labute approximate surface area is 138 Å². The van der Waals surface area contributed by atoms with Crippen LogP contribution in [0, 0.1) is 25.2 Å². The van der Waals surface area contributed by atoms with Gasteiger partial charge in [0.25, 0.3) is 5.91 Å². The van der Waals surface area contributed by atoms with Crippen LogP contribution in [-0.2, 0) is 4.79 Å². The van der Waals surface area contributed by atoms with E-state index in [9.17, 15) is 10.1 Å². The highest BCUT2D eigenvalue weighted by atomic mass is 79.9. The summed E-state index contributed by atoms with van der Waals surface area (Å²) in [5.74, 6) is -0.406. The molecule has 0 bridgehead atoms. The summed E-state index contributed by atoms with van der Waals surface area (Å²) in [6.45, 7) is 3.87. The number of rotatable bonds is 3. The maximum Gasteiger partial charge on any atom is 0.266 e. The van der Waals surface area contributed by atoms with Crippen molar-refractivity contribution in [2.75, 3.05) is 5.32 Å². The Hall–Kier alpha value is -2.38. The minimum atomic E-state index is -0.406. The average Bonchev–Trinajstić information content (AvgIpc) is 2.48. The van der Waals surface area contributed by atoms with Crippen molar-refractivity contribution in [3.8, 4) is 6.07 Å². The van der Waals surface area contributed by atoms with Gasteiger partial charge in [0.1, 0.15) is 11.6 Å². The van der Waals surface area contributed by atoms with E-state index >= 15 is 0 Å². The summed E-state index contributed by atoms with van der Waals surface area (Å²) in [6, 6.07) is 15.2. The van der Waals surface area contributed by atoms with Crippen molar-refractivity contribution >= 4 is 33.6 Å². The first-order valence-corrected chi connectivity index (χ1v) is 7.55. The Morgan fingerprint density at radius 3 is 2.68 bits per heavy atom. The fraction of sp³-hybridized carbons (Fsp3) is 0.111. The smallest absolute Gasteiger partial charge is 0.266 e. The number of carbonyl (C=O) groups is 1. The minimum absolute atomic E-state index is 0.0685. The third-order valence-electron chi connectivity index (χ3n) is 3.17. The number of nitrogens with zero attached hydrogens (tertiary/aromatic N) is 1. The molecule has 1 amide bonds. The quantitative estimate of drug-likeness (QED) is 0.646. The first kappa shape index (κ1) is 16.0. The van der Waals surface area contributed by atoms with Crippen LogP contribution in [0.15, 0.2) is 52.5 Å². The molecule has 0 fully saturated rings. The van der Waals surface area contributed by atoms with Crippen LogP contribution in [0.25, 0.3) is 6.08 Å². The van der Waals surface area contributed by atoms with Crippen LogP contribution in [0.3, 0.4) is 0 Å². The van der Waals surface area contributed by atoms with E-state index in [1.54, 1.807) is 6.08 Å². The maximum absolute atomic E-state index is 12.3. The normalized spacial score (nSPS) is 10.9. The highest BCUT2D eigenvalue weighted by Gasteiger charge is 2.11. The van der Waals surface area contributed by atoms with Crippen LogP contribution in [0.4, 0.5) is 5.69 Å². The van der Waals surface area contributed by atoms with E-state index in [0.717, 1.165) is 26.9 Å². The van der Waals surface area contributed by atoms with E-state index in [4.69, 9.17) is 0 Å². The Morgan fingerprint density at radius 1 is 1.23 bits per heavy atom. The number of nitrogens with one attached hydrogen (secondary N) is 1. The van der Waals surface area contributed by atoms with Crippen LogP contribution in [0.1, 0.15) is 16.7 Å². The van der Waals surface area contributed by atoms with Gasteiger partial charge in [-0.3, -0.25) is 4.79 Å². The Bertz CT molecular complexity index is 788. The van der Waals surface area contributed by atoms with Gasteiger partial charge in [-0.2, -0.15) is 5.26 Å². The topological polar surface area (TPSA) is 52.9 Å². The SMILES string of the molecule is Cc1ccc(C)c(NC(=O)/C(C#N)=C/c2cccc(Br)c2)c1. The summed E-state index contributed by atoms with van der Waals surface area (Å²) in [5, 5.41) is 12.0. The maximum atomic E-state index is 12.3. The lowest BCUT2D eigenvalue weighted by molar-refractivity contribution is -0.112. The van der Waals surface area contributed by atoms with Crippen LogP contribution in [-0.4, -0.2) is 5.91 Å². The highest BCUT2D eigenvalue weighted by Crippen LogP contribution is 2.18. The predicted molar refractivity (Wildman–Crippen MR) is 92.3 cm³/mol. The van der Waals surface area contributed by atoms with Crippen molar-refractivity contribution in [1.29, 1.82) is 5.26 Å². The second-order valence-electron chi connectivity index (χ2n) is 5.00. The molecule has 0 radical (unpaired) electrons. The summed E-state index contributed by atoms with van der Waals surface area (Å²) in [4.78, 5) is 12.3. The van der Waals surface area contributed by atoms with Crippen molar-refractivity contribution < 1.29 is 4.79 Å². The van der Waals surface area contributed by atoms with Gasteiger partial charge in [0.05, 0.1) is 0 Å². The van der Waals surface area contributed by atoms with E-state index in [-0.39, 0.29) is 5.57 Å². The molecule has 110 valence electrons. The Morgan fingerprint density at radius 2 is 2.00 bits per heavy atom. The van der Waals surface area contributed by atoms with E-state index in [2.05, 4.69) is 21.2 Å².